The van der Waals surface area contributed by atoms with Crippen LogP contribution in [0.2, 0.25) is 0 Å². The summed E-state index contributed by atoms with van der Waals surface area (Å²) in [5, 5.41) is 7.61. The Morgan fingerprint density at radius 2 is 2.21 bits per heavy atom. The number of benzene rings is 1. The van der Waals surface area contributed by atoms with E-state index >= 15 is 0 Å². The molecule has 19 heavy (non-hydrogen) atoms. The van der Waals surface area contributed by atoms with Gasteiger partial charge in [-0.3, -0.25) is 4.68 Å². The number of aromatic nitrogens is 2. The first-order chi connectivity index (χ1) is 9.19. The number of likely N-dealkylation sites (N-methyl/N-ethyl adjacent to an activating group) is 1. The third-order valence-electron chi connectivity index (χ3n) is 3.45. The Bertz CT molecular complexity index is 522. The van der Waals surface area contributed by atoms with Gasteiger partial charge in [0.05, 0.1) is 0 Å². The van der Waals surface area contributed by atoms with E-state index in [4.69, 9.17) is 0 Å². The maximum atomic E-state index is 4.21. The van der Waals surface area contributed by atoms with E-state index in [0.29, 0.717) is 6.04 Å². The van der Waals surface area contributed by atoms with E-state index in [0.717, 1.165) is 23.7 Å². The van der Waals surface area contributed by atoms with E-state index < -0.39 is 0 Å². The molecule has 0 bridgehead atoms. The second kappa shape index (κ2) is 6.87. The lowest BCUT2D eigenvalue weighted by Crippen LogP contribution is -2.28. The van der Waals surface area contributed by atoms with Crippen LogP contribution in [0.15, 0.2) is 41.0 Å². The van der Waals surface area contributed by atoms with Gasteiger partial charge in [0.1, 0.15) is 0 Å². The standard InChI is InChI=1S/C15H20BrN3/c1-17-14(6-7-15-8-9-18-19(15)2)11-12-4-3-5-13(16)10-12/h3-5,8-10,14,17H,6-7,11H2,1-2H3. The quantitative estimate of drug-likeness (QED) is 0.886. The number of aryl methyl sites for hydroxylation is 2. The van der Waals surface area contributed by atoms with Crippen LogP contribution in [-0.2, 0) is 19.9 Å². The van der Waals surface area contributed by atoms with E-state index in [1.165, 1.54) is 11.3 Å². The Kier molecular flexibility index (Phi) is 5.16. The Morgan fingerprint density at radius 3 is 2.84 bits per heavy atom. The molecule has 1 aromatic heterocycles. The van der Waals surface area contributed by atoms with Crippen molar-refractivity contribution in [2.24, 2.45) is 7.05 Å². The van der Waals surface area contributed by atoms with Gasteiger partial charge in [0.2, 0.25) is 0 Å². The van der Waals surface area contributed by atoms with Crippen LogP contribution in [-0.4, -0.2) is 22.9 Å². The normalized spacial score (nSPS) is 12.6. The fraction of sp³-hybridized carbons (Fsp3) is 0.400. The molecule has 0 fully saturated rings. The molecule has 0 radical (unpaired) electrons. The summed E-state index contributed by atoms with van der Waals surface area (Å²) in [6.07, 6.45) is 5.07. The van der Waals surface area contributed by atoms with Crippen molar-refractivity contribution < 1.29 is 0 Å². The summed E-state index contributed by atoms with van der Waals surface area (Å²) in [6.45, 7) is 0. The zero-order chi connectivity index (χ0) is 13.7. The lowest BCUT2D eigenvalue weighted by atomic mass is 10.0. The molecule has 0 saturated carbocycles. The van der Waals surface area contributed by atoms with Crippen LogP contribution in [0.3, 0.4) is 0 Å². The Hall–Kier alpha value is -1.13. The van der Waals surface area contributed by atoms with Gasteiger partial charge in [-0.05, 0) is 50.1 Å². The van der Waals surface area contributed by atoms with Gasteiger partial charge in [-0.2, -0.15) is 5.10 Å². The molecule has 3 nitrogen and oxygen atoms in total. The van der Waals surface area contributed by atoms with E-state index in [1.54, 1.807) is 0 Å². The lowest BCUT2D eigenvalue weighted by molar-refractivity contribution is 0.510. The molecule has 1 unspecified atom stereocenters. The number of hydrogen-bond donors (Lipinski definition) is 1. The molecule has 1 heterocycles. The van der Waals surface area contributed by atoms with Gasteiger partial charge >= 0.3 is 0 Å². The van der Waals surface area contributed by atoms with Crippen LogP contribution in [0.1, 0.15) is 17.7 Å². The van der Waals surface area contributed by atoms with Gasteiger partial charge in [-0.25, -0.2) is 0 Å². The minimum atomic E-state index is 0.490. The van der Waals surface area contributed by atoms with Crippen molar-refractivity contribution in [3.63, 3.8) is 0 Å². The summed E-state index contributed by atoms with van der Waals surface area (Å²) in [4.78, 5) is 0. The van der Waals surface area contributed by atoms with Crippen LogP contribution >= 0.6 is 15.9 Å². The molecular weight excluding hydrogens is 302 g/mol. The molecule has 0 amide bonds. The Balaban J connectivity index is 1.92. The molecule has 0 aliphatic heterocycles. The summed E-state index contributed by atoms with van der Waals surface area (Å²) >= 11 is 3.52. The first kappa shape index (κ1) is 14.3. The average Bonchev–Trinajstić information content (AvgIpc) is 2.80. The van der Waals surface area contributed by atoms with Gasteiger partial charge in [0.25, 0.3) is 0 Å². The number of hydrogen-bond acceptors (Lipinski definition) is 2. The van der Waals surface area contributed by atoms with Crippen LogP contribution in [0.5, 0.6) is 0 Å². The van der Waals surface area contributed by atoms with Gasteiger partial charge in [-0.1, -0.05) is 28.1 Å². The largest absolute Gasteiger partial charge is 0.317 e. The number of halogens is 1. The fourth-order valence-electron chi connectivity index (χ4n) is 2.27. The van der Waals surface area contributed by atoms with Crippen molar-refractivity contribution in [2.45, 2.75) is 25.3 Å². The summed E-state index contributed by atoms with van der Waals surface area (Å²) in [6, 6.07) is 11.1. The SMILES string of the molecule is CNC(CCc1ccnn1C)Cc1cccc(Br)c1. The Labute approximate surface area is 123 Å². The topological polar surface area (TPSA) is 29.9 Å². The zero-order valence-electron chi connectivity index (χ0n) is 11.4. The first-order valence-electron chi connectivity index (χ1n) is 6.57. The molecule has 0 aliphatic rings. The molecule has 2 rings (SSSR count). The lowest BCUT2D eigenvalue weighted by Gasteiger charge is -2.16. The number of nitrogens with zero attached hydrogens (tertiary/aromatic N) is 2. The molecule has 0 spiro atoms. The highest BCUT2D eigenvalue weighted by Crippen LogP contribution is 2.15. The molecule has 1 aromatic carbocycles. The zero-order valence-corrected chi connectivity index (χ0v) is 13.0. The summed E-state index contributed by atoms with van der Waals surface area (Å²) < 4.78 is 3.10. The predicted molar refractivity (Wildman–Crippen MR) is 82.2 cm³/mol. The molecular formula is C15H20BrN3. The molecule has 1 N–H and O–H groups in total. The average molecular weight is 322 g/mol. The van der Waals surface area contributed by atoms with Crippen molar-refractivity contribution in [1.29, 1.82) is 0 Å². The van der Waals surface area contributed by atoms with Crippen molar-refractivity contribution in [3.8, 4) is 0 Å². The highest BCUT2D eigenvalue weighted by molar-refractivity contribution is 9.10. The fourth-order valence-corrected chi connectivity index (χ4v) is 2.71. The molecule has 4 heteroatoms. The second-order valence-corrected chi connectivity index (χ2v) is 5.72. The van der Waals surface area contributed by atoms with Gasteiger partial charge < -0.3 is 5.32 Å². The Morgan fingerprint density at radius 1 is 1.37 bits per heavy atom. The third-order valence-corrected chi connectivity index (χ3v) is 3.94. The second-order valence-electron chi connectivity index (χ2n) is 4.80. The van der Waals surface area contributed by atoms with Gasteiger partial charge in [0, 0.05) is 29.5 Å². The minimum absolute atomic E-state index is 0.490. The maximum Gasteiger partial charge on any atom is 0.0492 e. The number of nitrogens with one attached hydrogen (secondary N) is 1. The summed E-state index contributed by atoms with van der Waals surface area (Å²) in [5.74, 6) is 0. The van der Waals surface area contributed by atoms with Crippen molar-refractivity contribution in [2.75, 3.05) is 7.05 Å². The number of rotatable bonds is 6. The third kappa shape index (κ3) is 4.18. The minimum Gasteiger partial charge on any atom is -0.317 e. The molecule has 102 valence electrons. The molecule has 2 aromatic rings. The van der Waals surface area contributed by atoms with E-state index in [-0.39, 0.29) is 0 Å². The van der Waals surface area contributed by atoms with Gasteiger partial charge in [0.15, 0.2) is 0 Å². The molecule has 1 atom stereocenters. The maximum absolute atomic E-state index is 4.21. The van der Waals surface area contributed by atoms with Crippen LogP contribution in [0.4, 0.5) is 0 Å². The van der Waals surface area contributed by atoms with E-state index in [1.807, 2.05) is 25.0 Å². The highest BCUT2D eigenvalue weighted by Gasteiger charge is 2.09. The van der Waals surface area contributed by atoms with Crippen LogP contribution < -0.4 is 5.32 Å². The van der Waals surface area contributed by atoms with Gasteiger partial charge in [-0.15, -0.1) is 0 Å². The molecule has 0 aliphatic carbocycles. The summed E-state index contributed by atoms with van der Waals surface area (Å²) in [7, 11) is 4.03. The smallest absolute Gasteiger partial charge is 0.0492 e. The van der Waals surface area contributed by atoms with E-state index in [9.17, 15) is 0 Å². The monoisotopic (exact) mass is 321 g/mol. The van der Waals surface area contributed by atoms with E-state index in [2.05, 4.69) is 56.7 Å². The van der Waals surface area contributed by atoms with Crippen LogP contribution in [0.25, 0.3) is 0 Å². The van der Waals surface area contributed by atoms with Crippen molar-refractivity contribution in [1.82, 2.24) is 15.1 Å². The predicted octanol–water partition coefficient (Wildman–Crippen LogP) is 2.95. The summed E-state index contributed by atoms with van der Waals surface area (Å²) in [5.41, 5.74) is 2.65. The highest BCUT2D eigenvalue weighted by atomic mass is 79.9. The van der Waals surface area contributed by atoms with Crippen molar-refractivity contribution in [3.05, 3.63) is 52.3 Å². The van der Waals surface area contributed by atoms with Crippen molar-refractivity contribution >= 4 is 15.9 Å². The molecule has 0 saturated heterocycles. The first-order valence-corrected chi connectivity index (χ1v) is 7.37. The van der Waals surface area contributed by atoms with Crippen LogP contribution in [0, 0.1) is 0 Å².